The summed E-state index contributed by atoms with van der Waals surface area (Å²) in [6.07, 6.45) is 2.79. The largest absolute Gasteiger partial charge is 0.329 e. The van der Waals surface area contributed by atoms with Gasteiger partial charge in [0, 0.05) is 37.4 Å². The Kier molecular flexibility index (Phi) is 5.48. The summed E-state index contributed by atoms with van der Waals surface area (Å²) in [5, 5.41) is 0. The second-order valence-electron chi connectivity index (χ2n) is 5.65. The minimum absolute atomic E-state index is 0.257. The second kappa shape index (κ2) is 7.34. The normalized spacial score (nSPS) is 12.6. The highest BCUT2D eigenvalue weighted by molar-refractivity contribution is 5.32. The average Bonchev–Trinajstić information content (AvgIpc) is 2.50. The van der Waals surface area contributed by atoms with E-state index in [-0.39, 0.29) is 6.04 Å². The molecule has 1 aromatic carbocycles. The van der Waals surface area contributed by atoms with Crippen LogP contribution in [0.2, 0.25) is 0 Å². The van der Waals surface area contributed by atoms with Crippen LogP contribution in [0.15, 0.2) is 42.6 Å². The van der Waals surface area contributed by atoms with E-state index in [2.05, 4.69) is 55.0 Å². The first-order valence-electron chi connectivity index (χ1n) is 7.49. The zero-order chi connectivity index (χ0) is 15.2. The van der Waals surface area contributed by atoms with Crippen molar-refractivity contribution >= 4 is 0 Å². The highest BCUT2D eigenvalue weighted by Gasteiger charge is 2.15. The number of likely N-dealkylation sites (N-methyl/N-ethyl adjacent to an activating group) is 1. The molecule has 2 aromatic rings. The van der Waals surface area contributed by atoms with Gasteiger partial charge in [0.2, 0.25) is 0 Å². The van der Waals surface area contributed by atoms with E-state index in [1.807, 2.05) is 18.3 Å². The molecular weight excluding hydrogens is 258 g/mol. The Bertz CT molecular complexity index is 566. The lowest BCUT2D eigenvalue weighted by molar-refractivity contribution is 0.252. The number of nitrogens with zero attached hydrogens (tertiary/aromatic N) is 2. The van der Waals surface area contributed by atoms with Crippen LogP contribution in [0.25, 0.3) is 0 Å². The molecule has 0 spiro atoms. The quantitative estimate of drug-likeness (QED) is 0.886. The van der Waals surface area contributed by atoms with Gasteiger partial charge in [-0.1, -0.05) is 24.3 Å². The van der Waals surface area contributed by atoms with Crippen LogP contribution in [0, 0.1) is 13.8 Å². The Balaban J connectivity index is 2.04. The highest BCUT2D eigenvalue weighted by Crippen LogP contribution is 2.21. The zero-order valence-electron chi connectivity index (χ0n) is 13.2. The Hall–Kier alpha value is -1.71. The maximum atomic E-state index is 6.01. The van der Waals surface area contributed by atoms with Crippen molar-refractivity contribution in [2.45, 2.75) is 26.3 Å². The number of nitrogens with two attached hydrogens (primary N) is 1. The molecule has 112 valence electrons. The van der Waals surface area contributed by atoms with Crippen molar-refractivity contribution in [3.63, 3.8) is 0 Å². The molecule has 1 aromatic heterocycles. The maximum Gasteiger partial charge on any atom is 0.0467 e. The number of hydrogen-bond donors (Lipinski definition) is 1. The first kappa shape index (κ1) is 15.7. The van der Waals surface area contributed by atoms with Gasteiger partial charge in [-0.15, -0.1) is 0 Å². The molecule has 2 N–H and O–H groups in total. The smallest absolute Gasteiger partial charge is 0.0467 e. The SMILES string of the molecule is Cc1ccc(C(CN)N(C)CCc2ccccn2)cc1C. The molecule has 0 bridgehead atoms. The van der Waals surface area contributed by atoms with Crippen LogP contribution in [0.4, 0.5) is 0 Å². The van der Waals surface area contributed by atoms with Gasteiger partial charge in [0.15, 0.2) is 0 Å². The molecule has 2 rings (SSSR count). The lowest BCUT2D eigenvalue weighted by Gasteiger charge is -2.27. The zero-order valence-corrected chi connectivity index (χ0v) is 13.2. The van der Waals surface area contributed by atoms with Crippen LogP contribution < -0.4 is 5.73 Å². The van der Waals surface area contributed by atoms with Crippen molar-refractivity contribution < 1.29 is 0 Å². The lowest BCUT2D eigenvalue weighted by Crippen LogP contribution is -2.32. The number of hydrogen-bond acceptors (Lipinski definition) is 3. The molecule has 1 unspecified atom stereocenters. The van der Waals surface area contributed by atoms with Gasteiger partial charge in [-0.05, 0) is 49.7 Å². The van der Waals surface area contributed by atoms with Gasteiger partial charge < -0.3 is 5.73 Å². The average molecular weight is 283 g/mol. The van der Waals surface area contributed by atoms with Crippen LogP contribution >= 0.6 is 0 Å². The van der Waals surface area contributed by atoms with Crippen LogP contribution in [0.3, 0.4) is 0 Å². The number of aryl methyl sites for hydroxylation is 2. The fourth-order valence-corrected chi connectivity index (χ4v) is 2.54. The Morgan fingerprint density at radius 3 is 2.57 bits per heavy atom. The van der Waals surface area contributed by atoms with E-state index in [9.17, 15) is 0 Å². The number of rotatable bonds is 6. The summed E-state index contributed by atoms with van der Waals surface area (Å²) in [4.78, 5) is 6.69. The van der Waals surface area contributed by atoms with Gasteiger partial charge in [-0.25, -0.2) is 0 Å². The standard InChI is InChI=1S/C18H25N3/c1-14-7-8-16(12-15(14)2)18(13-19)21(3)11-9-17-6-4-5-10-20-17/h4-8,10,12,18H,9,11,13,19H2,1-3H3. The molecule has 3 nitrogen and oxygen atoms in total. The van der Waals surface area contributed by atoms with Gasteiger partial charge in [0.25, 0.3) is 0 Å². The summed E-state index contributed by atoms with van der Waals surface area (Å²) in [5.41, 5.74) is 11.1. The molecule has 0 aliphatic rings. The first-order valence-corrected chi connectivity index (χ1v) is 7.49. The summed E-state index contributed by atoms with van der Waals surface area (Å²) in [5.74, 6) is 0. The van der Waals surface area contributed by atoms with Crippen molar-refractivity contribution in [2.24, 2.45) is 5.73 Å². The topological polar surface area (TPSA) is 42.1 Å². The number of benzene rings is 1. The molecular formula is C18H25N3. The van der Waals surface area contributed by atoms with Crippen molar-refractivity contribution in [3.8, 4) is 0 Å². The molecule has 0 aliphatic heterocycles. The Labute approximate surface area is 127 Å². The molecule has 0 saturated heterocycles. The van der Waals surface area contributed by atoms with Crippen LogP contribution in [-0.4, -0.2) is 30.0 Å². The number of aromatic nitrogens is 1. The number of pyridine rings is 1. The van der Waals surface area contributed by atoms with E-state index in [1.54, 1.807) is 0 Å². The third-order valence-corrected chi connectivity index (χ3v) is 4.12. The van der Waals surface area contributed by atoms with E-state index in [1.165, 1.54) is 16.7 Å². The molecule has 0 amide bonds. The maximum absolute atomic E-state index is 6.01. The van der Waals surface area contributed by atoms with Gasteiger partial charge >= 0.3 is 0 Å². The van der Waals surface area contributed by atoms with Crippen LogP contribution in [0.1, 0.15) is 28.4 Å². The summed E-state index contributed by atoms with van der Waals surface area (Å²) >= 11 is 0. The Morgan fingerprint density at radius 1 is 1.14 bits per heavy atom. The first-order chi connectivity index (χ1) is 10.1. The van der Waals surface area contributed by atoms with Gasteiger partial charge in [-0.3, -0.25) is 9.88 Å². The van der Waals surface area contributed by atoms with Gasteiger partial charge in [-0.2, -0.15) is 0 Å². The highest BCUT2D eigenvalue weighted by atomic mass is 15.1. The molecule has 0 fully saturated rings. The van der Waals surface area contributed by atoms with Crippen molar-refractivity contribution in [2.75, 3.05) is 20.1 Å². The Morgan fingerprint density at radius 2 is 1.95 bits per heavy atom. The summed E-state index contributed by atoms with van der Waals surface area (Å²) in [7, 11) is 2.13. The van der Waals surface area contributed by atoms with Crippen LogP contribution in [0.5, 0.6) is 0 Å². The summed E-state index contributed by atoms with van der Waals surface area (Å²) in [6.45, 7) is 5.87. The predicted octanol–water partition coefficient (Wildman–Crippen LogP) is 2.87. The molecule has 0 aliphatic carbocycles. The van der Waals surface area contributed by atoms with E-state index >= 15 is 0 Å². The minimum atomic E-state index is 0.257. The van der Waals surface area contributed by atoms with Crippen molar-refractivity contribution in [1.29, 1.82) is 0 Å². The van der Waals surface area contributed by atoms with E-state index in [0.717, 1.165) is 18.7 Å². The fraction of sp³-hybridized carbons (Fsp3) is 0.389. The lowest BCUT2D eigenvalue weighted by atomic mass is 10.00. The second-order valence-corrected chi connectivity index (χ2v) is 5.65. The molecule has 0 saturated carbocycles. The molecule has 0 radical (unpaired) electrons. The van der Waals surface area contributed by atoms with Gasteiger partial charge in [0.05, 0.1) is 0 Å². The monoisotopic (exact) mass is 283 g/mol. The molecule has 1 heterocycles. The third-order valence-electron chi connectivity index (χ3n) is 4.12. The summed E-state index contributed by atoms with van der Waals surface area (Å²) < 4.78 is 0. The third kappa shape index (κ3) is 4.13. The van der Waals surface area contributed by atoms with Crippen molar-refractivity contribution in [1.82, 2.24) is 9.88 Å². The van der Waals surface area contributed by atoms with Crippen LogP contribution in [-0.2, 0) is 6.42 Å². The van der Waals surface area contributed by atoms with E-state index in [4.69, 9.17) is 5.73 Å². The minimum Gasteiger partial charge on any atom is -0.329 e. The molecule has 21 heavy (non-hydrogen) atoms. The summed E-state index contributed by atoms with van der Waals surface area (Å²) in [6, 6.07) is 12.9. The van der Waals surface area contributed by atoms with Crippen molar-refractivity contribution in [3.05, 3.63) is 65.0 Å². The predicted molar refractivity (Wildman–Crippen MR) is 88.3 cm³/mol. The van der Waals surface area contributed by atoms with Gasteiger partial charge in [0.1, 0.15) is 0 Å². The van der Waals surface area contributed by atoms with E-state index < -0.39 is 0 Å². The molecule has 1 atom stereocenters. The van der Waals surface area contributed by atoms with E-state index in [0.29, 0.717) is 6.54 Å². The fourth-order valence-electron chi connectivity index (χ4n) is 2.54. The molecule has 3 heteroatoms.